The van der Waals surface area contributed by atoms with Gasteiger partial charge in [0.05, 0.1) is 25.2 Å². The molecule has 1 aromatic rings. The fourth-order valence-corrected chi connectivity index (χ4v) is 2.95. The topological polar surface area (TPSA) is 79.0 Å². The number of nitrogens with one attached hydrogen (secondary N) is 1. The van der Waals surface area contributed by atoms with Gasteiger partial charge in [-0.05, 0) is 37.2 Å². The van der Waals surface area contributed by atoms with Crippen molar-refractivity contribution < 1.29 is 17.9 Å². The molecule has 0 aliphatic carbocycles. The molecule has 0 aromatic heterocycles. The van der Waals surface area contributed by atoms with Gasteiger partial charge in [-0.25, -0.2) is 8.42 Å². The fourth-order valence-electron chi connectivity index (χ4n) is 2.45. The molecule has 0 spiro atoms. The van der Waals surface area contributed by atoms with Gasteiger partial charge in [0, 0.05) is 32.2 Å². The van der Waals surface area contributed by atoms with E-state index in [1.165, 1.54) is 11.4 Å². The Kier molecular flexibility index (Phi) is 6.59. The molecule has 0 radical (unpaired) electrons. The van der Waals surface area contributed by atoms with Gasteiger partial charge < -0.3 is 10.1 Å². The highest BCUT2D eigenvalue weighted by Gasteiger charge is 2.13. The largest absolute Gasteiger partial charge is 0.379 e. The van der Waals surface area contributed by atoms with Crippen molar-refractivity contribution in [2.45, 2.75) is 6.42 Å². The van der Waals surface area contributed by atoms with Gasteiger partial charge in [-0.2, -0.15) is 0 Å². The van der Waals surface area contributed by atoms with Gasteiger partial charge in [0.15, 0.2) is 0 Å². The van der Waals surface area contributed by atoms with Crippen LogP contribution in [0.4, 0.5) is 5.69 Å². The Morgan fingerprint density at radius 3 is 2.46 bits per heavy atom. The standard InChI is InChI=1S/C16H25N3O4S/c1-18(24(2,21)22)15-6-4-14(5-7-15)16(20)17-8-3-9-19-10-12-23-13-11-19/h4-7H,3,8-13H2,1-2H3,(H,17,20). The summed E-state index contributed by atoms with van der Waals surface area (Å²) in [6.45, 7) is 5.01. The van der Waals surface area contributed by atoms with E-state index in [2.05, 4.69) is 10.2 Å². The van der Waals surface area contributed by atoms with Crippen LogP contribution in [0, 0.1) is 0 Å². The zero-order valence-electron chi connectivity index (χ0n) is 14.2. The van der Waals surface area contributed by atoms with Crippen LogP contribution in [0.3, 0.4) is 0 Å². The van der Waals surface area contributed by atoms with Gasteiger partial charge in [0.1, 0.15) is 0 Å². The lowest BCUT2D eigenvalue weighted by Crippen LogP contribution is -2.38. The van der Waals surface area contributed by atoms with Crippen molar-refractivity contribution in [3.05, 3.63) is 29.8 Å². The molecule has 1 aromatic carbocycles. The molecule has 0 atom stereocenters. The quantitative estimate of drug-likeness (QED) is 0.722. The second kappa shape index (κ2) is 8.46. The van der Waals surface area contributed by atoms with E-state index in [0.29, 0.717) is 17.8 Å². The van der Waals surface area contributed by atoms with E-state index in [-0.39, 0.29) is 5.91 Å². The molecule has 0 bridgehead atoms. The third-order valence-corrected chi connectivity index (χ3v) is 5.24. The van der Waals surface area contributed by atoms with Crippen LogP contribution < -0.4 is 9.62 Å². The summed E-state index contributed by atoms with van der Waals surface area (Å²) >= 11 is 0. The summed E-state index contributed by atoms with van der Waals surface area (Å²) in [5, 5.41) is 2.89. The maximum atomic E-state index is 12.1. The van der Waals surface area contributed by atoms with Crippen LogP contribution in [-0.4, -0.2) is 71.9 Å². The highest BCUT2D eigenvalue weighted by Crippen LogP contribution is 2.16. The molecule has 1 amide bonds. The third-order valence-electron chi connectivity index (χ3n) is 4.03. The minimum Gasteiger partial charge on any atom is -0.379 e. The number of benzene rings is 1. The van der Waals surface area contributed by atoms with Crippen LogP contribution in [0.5, 0.6) is 0 Å². The van der Waals surface area contributed by atoms with Gasteiger partial charge in [-0.15, -0.1) is 0 Å². The summed E-state index contributed by atoms with van der Waals surface area (Å²) in [5.41, 5.74) is 1.05. The van der Waals surface area contributed by atoms with Crippen LogP contribution in [-0.2, 0) is 14.8 Å². The summed E-state index contributed by atoms with van der Waals surface area (Å²) in [4.78, 5) is 14.4. The lowest BCUT2D eigenvalue weighted by atomic mass is 10.2. The second-order valence-electron chi connectivity index (χ2n) is 5.84. The van der Waals surface area contributed by atoms with E-state index in [1.807, 2.05) is 0 Å². The van der Waals surface area contributed by atoms with Crippen molar-refractivity contribution >= 4 is 21.6 Å². The number of nitrogens with zero attached hydrogens (tertiary/aromatic N) is 2. The van der Waals surface area contributed by atoms with Crippen molar-refractivity contribution in [2.75, 3.05) is 57.0 Å². The Balaban J connectivity index is 1.78. The molecule has 24 heavy (non-hydrogen) atoms. The molecule has 1 saturated heterocycles. The average molecular weight is 355 g/mol. The van der Waals surface area contributed by atoms with E-state index in [9.17, 15) is 13.2 Å². The summed E-state index contributed by atoms with van der Waals surface area (Å²) in [6, 6.07) is 6.52. The van der Waals surface area contributed by atoms with Gasteiger partial charge in [-0.3, -0.25) is 14.0 Å². The van der Waals surface area contributed by atoms with Crippen molar-refractivity contribution in [1.29, 1.82) is 0 Å². The summed E-state index contributed by atoms with van der Waals surface area (Å²) in [6.07, 6.45) is 2.03. The second-order valence-corrected chi connectivity index (χ2v) is 7.85. The van der Waals surface area contributed by atoms with Crippen LogP contribution in [0.2, 0.25) is 0 Å². The molecule has 1 aliphatic heterocycles. The van der Waals surface area contributed by atoms with Crippen LogP contribution in [0.25, 0.3) is 0 Å². The van der Waals surface area contributed by atoms with Crippen molar-refractivity contribution in [3.63, 3.8) is 0 Å². The maximum Gasteiger partial charge on any atom is 0.251 e. The number of ether oxygens (including phenoxy) is 1. The molecule has 0 unspecified atom stereocenters. The molecule has 0 saturated carbocycles. The molecule has 2 rings (SSSR count). The first-order valence-corrected chi connectivity index (χ1v) is 9.85. The SMILES string of the molecule is CN(c1ccc(C(=O)NCCCN2CCOCC2)cc1)S(C)(=O)=O. The normalized spacial score (nSPS) is 15.9. The van der Waals surface area contributed by atoms with Crippen molar-refractivity contribution in [2.24, 2.45) is 0 Å². The van der Waals surface area contributed by atoms with E-state index < -0.39 is 10.0 Å². The molecule has 1 fully saturated rings. The molecule has 1 heterocycles. The van der Waals surface area contributed by atoms with E-state index in [4.69, 9.17) is 4.74 Å². The van der Waals surface area contributed by atoms with Gasteiger partial charge >= 0.3 is 0 Å². The highest BCUT2D eigenvalue weighted by atomic mass is 32.2. The number of carbonyl (C=O) groups is 1. The fraction of sp³-hybridized carbons (Fsp3) is 0.562. The number of rotatable bonds is 7. The maximum absolute atomic E-state index is 12.1. The number of sulfonamides is 1. The first kappa shape index (κ1) is 18.7. The first-order valence-electron chi connectivity index (χ1n) is 8.00. The lowest BCUT2D eigenvalue weighted by Gasteiger charge is -2.26. The number of amides is 1. The van der Waals surface area contributed by atoms with E-state index >= 15 is 0 Å². The predicted molar refractivity (Wildman–Crippen MR) is 93.9 cm³/mol. The van der Waals surface area contributed by atoms with Crippen molar-refractivity contribution in [1.82, 2.24) is 10.2 Å². The molecule has 7 nitrogen and oxygen atoms in total. The minimum atomic E-state index is -3.30. The number of hydrogen-bond donors (Lipinski definition) is 1. The van der Waals surface area contributed by atoms with Crippen LogP contribution >= 0.6 is 0 Å². The minimum absolute atomic E-state index is 0.148. The highest BCUT2D eigenvalue weighted by molar-refractivity contribution is 7.92. The third kappa shape index (κ3) is 5.47. The average Bonchev–Trinajstić information content (AvgIpc) is 2.58. The van der Waals surface area contributed by atoms with Crippen LogP contribution in [0.15, 0.2) is 24.3 Å². The zero-order valence-corrected chi connectivity index (χ0v) is 15.0. The van der Waals surface area contributed by atoms with Crippen molar-refractivity contribution in [3.8, 4) is 0 Å². The molecule has 134 valence electrons. The van der Waals surface area contributed by atoms with E-state index in [0.717, 1.165) is 45.5 Å². The number of hydrogen-bond acceptors (Lipinski definition) is 5. The van der Waals surface area contributed by atoms with Gasteiger partial charge in [-0.1, -0.05) is 0 Å². The number of anilines is 1. The van der Waals surface area contributed by atoms with Gasteiger partial charge in [0.25, 0.3) is 5.91 Å². The Labute approximate surface area is 143 Å². The predicted octanol–water partition coefficient (Wildman–Crippen LogP) is 0.535. The molecule has 1 aliphatic rings. The Morgan fingerprint density at radius 2 is 1.88 bits per heavy atom. The number of morpholine rings is 1. The first-order chi connectivity index (χ1) is 11.4. The molecule has 1 N–H and O–H groups in total. The summed E-state index contributed by atoms with van der Waals surface area (Å²) < 4.78 is 29.5. The Hall–Kier alpha value is -1.64. The zero-order chi connectivity index (χ0) is 17.6. The lowest BCUT2D eigenvalue weighted by molar-refractivity contribution is 0.0374. The Bertz CT molecular complexity index is 640. The summed E-state index contributed by atoms with van der Waals surface area (Å²) in [7, 11) is -1.82. The van der Waals surface area contributed by atoms with E-state index in [1.54, 1.807) is 24.3 Å². The van der Waals surface area contributed by atoms with Gasteiger partial charge in [0.2, 0.25) is 10.0 Å². The molecular formula is C16H25N3O4S. The monoisotopic (exact) mass is 355 g/mol. The van der Waals surface area contributed by atoms with Crippen LogP contribution in [0.1, 0.15) is 16.8 Å². The smallest absolute Gasteiger partial charge is 0.251 e. The Morgan fingerprint density at radius 1 is 1.25 bits per heavy atom. The molecule has 8 heteroatoms. The summed E-state index contributed by atoms with van der Waals surface area (Å²) in [5.74, 6) is -0.148. The molecular weight excluding hydrogens is 330 g/mol. The number of carbonyl (C=O) groups excluding carboxylic acids is 1.